The summed E-state index contributed by atoms with van der Waals surface area (Å²) in [5, 5.41) is 11.5. The summed E-state index contributed by atoms with van der Waals surface area (Å²) < 4.78 is 15.7. The van der Waals surface area contributed by atoms with Crippen LogP contribution in [0, 0.1) is 11.3 Å². The van der Waals surface area contributed by atoms with Gasteiger partial charge in [-0.05, 0) is 0 Å². The first kappa shape index (κ1) is 13.1. The number of rotatable bonds is 6. The predicted molar refractivity (Wildman–Crippen MR) is 63.4 cm³/mol. The quantitative estimate of drug-likeness (QED) is 0.596. The maximum atomic E-state index is 8.48. The van der Waals surface area contributed by atoms with Gasteiger partial charge < -0.3 is 19.5 Å². The van der Waals surface area contributed by atoms with Gasteiger partial charge in [0.2, 0.25) is 0 Å². The molecule has 0 aliphatic heterocycles. The molecule has 5 nitrogen and oxygen atoms in total. The molecule has 0 unspecified atom stereocenters. The summed E-state index contributed by atoms with van der Waals surface area (Å²) >= 11 is 0. The van der Waals surface area contributed by atoms with Crippen molar-refractivity contribution in [3.8, 4) is 23.3 Å². The second-order valence-corrected chi connectivity index (χ2v) is 3.27. The first-order valence-electron chi connectivity index (χ1n) is 5.13. The van der Waals surface area contributed by atoms with E-state index in [0.29, 0.717) is 23.8 Å². The molecule has 0 aromatic heterocycles. The zero-order valence-corrected chi connectivity index (χ0v) is 10.2. The number of methoxy groups -OCH3 is 3. The minimum absolute atomic E-state index is 0.276. The molecule has 1 N–H and O–H groups in total. The van der Waals surface area contributed by atoms with E-state index >= 15 is 0 Å². The third-order valence-electron chi connectivity index (χ3n) is 2.32. The summed E-state index contributed by atoms with van der Waals surface area (Å²) in [6.45, 7) is 0.780. The predicted octanol–water partition coefficient (Wildman–Crippen LogP) is 1.33. The molecule has 5 heteroatoms. The molecule has 1 aromatic carbocycles. The summed E-state index contributed by atoms with van der Waals surface area (Å²) in [5.41, 5.74) is 0.867. The fraction of sp³-hybridized carbons (Fsp3) is 0.417. The molecule has 1 aromatic rings. The summed E-state index contributed by atoms with van der Waals surface area (Å²) in [6, 6.07) is 5.59. The molecule has 0 aliphatic carbocycles. The highest BCUT2D eigenvalue weighted by Gasteiger charge is 2.12. The lowest BCUT2D eigenvalue weighted by atomic mass is 10.1. The monoisotopic (exact) mass is 236 g/mol. The van der Waals surface area contributed by atoms with Gasteiger partial charge in [-0.25, -0.2) is 0 Å². The fourth-order valence-electron chi connectivity index (χ4n) is 1.50. The van der Waals surface area contributed by atoms with Gasteiger partial charge in [-0.3, -0.25) is 0 Å². The molecule has 92 valence electrons. The van der Waals surface area contributed by atoms with Crippen LogP contribution in [0.3, 0.4) is 0 Å². The van der Waals surface area contributed by atoms with Crippen LogP contribution >= 0.6 is 0 Å². The van der Waals surface area contributed by atoms with E-state index in [0.717, 1.165) is 5.56 Å². The van der Waals surface area contributed by atoms with Crippen molar-refractivity contribution in [3.05, 3.63) is 17.7 Å². The Morgan fingerprint density at radius 2 is 1.71 bits per heavy atom. The van der Waals surface area contributed by atoms with Gasteiger partial charge in [0.05, 0.1) is 39.5 Å². The van der Waals surface area contributed by atoms with E-state index < -0.39 is 0 Å². The molecule has 17 heavy (non-hydrogen) atoms. The SMILES string of the molecule is COc1cc(OC)c(CNCC#N)c(OC)c1. The lowest BCUT2D eigenvalue weighted by Crippen LogP contribution is -2.14. The fourth-order valence-corrected chi connectivity index (χ4v) is 1.50. The van der Waals surface area contributed by atoms with Crippen molar-refractivity contribution in [2.45, 2.75) is 6.54 Å². The Kier molecular flexibility index (Phi) is 5.11. The molecular formula is C12H16N2O3. The molecule has 0 fully saturated rings. The first-order valence-corrected chi connectivity index (χ1v) is 5.13. The van der Waals surface area contributed by atoms with Crippen molar-refractivity contribution in [2.24, 2.45) is 0 Å². The number of nitrogens with zero attached hydrogens (tertiary/aromatic N) is 1. The van der Waals surface area contributed by atoms with Gasteiger partial charge in [0.15, 0.2) is 0 Å². The van der Waals surface area contributed by atoms with Crippen LogP contribution in [0.15, 0.2) is 12.1 Å². The Hall–Kier alpha value is -1.93. The topological polar surface area (TPSA) is 63.5 Å². The lowest BCUT2D eigenvalue weighted by molar-refractivity contribution is 0.367. The molecule has 1 rings (SSSR count). The molecule has 0 spiro atoms. The summed E-state index contributed by atoms with van der Waals surface area (Å²) in [7, 11) is 4.76. The average Bonchev–Trinajstić information content (AvgIpc) is 2.38. The first-order chi connectivity index (χ1) is 8.26. The minimum atomic E-state index is 0.276. The van der Waals surface area contributed by atoms with Crippen LogP contribution in [0.5, 0.6) is 17.2 Å². The van der Waals surface area contributed by atoms with Gasteiger partial charge >= 0.3 is 0 Å². The van der Waals surface area contributed by atoms with Crippen LogP contribution in [0.2, 0.25) is 0 Å². The highest BCUT2D eigenvalue weighted by Crippen LogP contribution is 2.33. The number of hydrogen-bond donors (Lipinski definition) is 1. The highest BCUT2D eigenvalue weighted by molar-refractivity contribution is 5.50. The van der Waals surface area contributed by atoms with E-state index in [1.54, 1.807) is 33.5 Å². The summed E-state index contributed by atoms with van der Waals surface area (Å²) in [4.78, 5) is 0. The molecule has 0 aliphatic rings. The van der Waals surface area contributed by atoms with Crippen LogP contribution in [0.25, 0.3) is 0 Å². The molecule has 0 bridgehead atoms. The number of hydrogen-bond acceptors (Lipinski definition) is 5. The molecule has 0 amide bonds. The second-order valence-electron chi connectivity index (χ2n) is 3.27. The minimum Gasteiger partial charge on any atom is -0.496 e. The highest BCUT2D eigenvalue weighted by atomic mass is 16.5. The van der Waals surface area contributed by atoms with Crippen LogP contribution < -0.4 is 19.5 Å². The van der Waals surface area contributed by atoms with Crippen molar-refractivity contribution >= 4 is 0 Å². The van der Waals surface area contributed by atoms with Crippen molar-refractivity contribution < 1.29 is 14.2 Å². The summed E-state index contributed by atoms with van der Waals surface area (Å²) in [5.74, 6) is 2.01. The zero-order valence-electron chi connectivity index (χ0n) is 10.2. The molecule has 0 atom stereocenters. The van der Waals surface area contributed by atoms with Crippen LogP contribution in [-0.4, -0.2) is 27.9 Å². The third-order valence-corrected chi connectivity index (χ3v) is 2.32. The standard InChI is InChI=1S/C12H16N2O3/c1-15-9-6-11(16-2)10(8-14-5-4-13)12(7-9)17-3/h6-7,14H,5,8H2,1-3H3. The van der Waals surface area contributed by atoms with E-state index in [4.69, 9.17) is 19.5 Å². The maximum absolute atomic E-state index is 8.48. The molecule has 0 heterocycles. The third kappa shape index (κ3) is 3.26. The molecule has 0 saturated heterocycles. The van der Waals surface area contributed by atoms with E-state index in [9.17, 15) is 0 Å². The second kappa shape index (κ2) is 6.61. The number of nitrogens with one attached hydrogen (secondary N) is 1. The van der Waals surface area contributed by atoms with Gasteiger partial charge in [0.25, 0.3) is 0 Å². The largest absolute Gasteiger partial charge is 0.496 e. The van der Waals surface area contributed by atoms with Crippen molar-refractivity contribution in [1.29, 1.82) is 5.26 Å². The van der Waals surface area contributed by atoms with Crippen molar-refractivity contribution in [3.63, 3.8) is 0 Å². The van der Waals surface area contributed by atoms with E-state index in [2.05, 4.69) is 5.32 Å². The van der Waals surface area contributed by atoms with E-state index in [1.807, 2.05) is 6.07 Å². The Balaban J connectivity index is 3.02. The smallest absolute Gasteiger partial charge is 0.130 e. The van der Waals surface area contributed by atoms with Crippen LogP contribution in [0.4, 0.5) is 0 Å². The number of benzene rings is 1. The normalized spacial score (nSPS) is 9.53. The molecule has 0 saturated carbocycles. The Morgan fingerprint density at radius 1 is 1.12 bits per heavy atom. The van der Waals surface area contributed by atoms with Gasteiger partial charge in [-0.15, -0.1) is 0 Å². The van der Waals surface area contributed by atoms with E-state index in [-0.39, 0.29) is 6.54 Å². The zero-order chi connectivity index (χ0) is 12.7. The Labute approximate surface area is 101 Å². The summed E-state index contributed by atoms with van der Waals surface area (Å²) in [6.07, 6.45) is 0. The lowest BCUT2D eigenvalue weighted by Gasteiger charge is -2.14. The van der Waals surface area contributed by atoms with Gasteiger partial charge in [-0.1, -0.05) is 0 Å². The van der Waals surface area contributed by atoms with E-state index in [1.165, 1.54) is 0 Å². The number of nitriles is 1. The van der Waals surface area contributed by atoms with Crippen molar-refractivity contribution in [1.82, 2.24) is 5.32 Å². The van der Waals surface area contributed by atoms with Gasteiger partial charge in [0, 0.05) is 18.7 Å². The number of ether oxygens (including phenoxy) is 3. The van der Waals surface area contributed by atoms with Gasteiger partial charge in [0.1, 0.15) is 17.2 Å². The molecular weight excluding hydrogens is 220 g/mol. The Morgan fingerprint density at radius 3 is 2.12 bits per heavy atom. The van der Waals surface area contributed by atoms with Crippen LogP contribution in [0.1, 0.15) is 5.56 Å². The average molecular weight is 236 g/mol. The van der Waals surface area contributed by atoms with Gasteiger partial charge in [-0.2, -0.15) is 5.26 Å². The Bertz CT molecular complexity index is 388. The van der Waals surface area contributed by atoms with Crippen LogP contribution in [-0.2, 0) is 6.54 Å². The van der Waals surface area contributed by atoms with Crippen molar-refractivity contribution in [2.75, 3.05) is 27.9 Å². The molecule has 0 radical (unpaired) electrons. The maximum Gasteiger partial charge on any atom is 0.130 e.